The van der Waals surface area contributed by atoms with Gasteiger partial charge in [0.2, 0.25) is 11.8 Å². The average molecular weight is 409 g/mol. The maximum atomic E-state index is 12.4. The van der Waals surface area contributed by atoms with Crippen LogP contribution in [0.25, 0.3) is 0 Å². The van der Waals surface area contributed by atoms with Crippen LogP contribution in [0, 0.1) is 0 Å². The van der Waals surface area contributed by atoms with Crippen molar-refractivity contribution in [1.82, 2.24) is 4.90 Å². The van der Waals surface area contributed by atoms with Gasteiger partial charge < -0.3 is 19.7 Å². The van der Waals surface area contributed by atoms with E-state index in [1.807, 2.05) is 6.07 Å². The molecule has 1 aliphatic rings. The second kappa shape index (κ2) is 8.50. The Morgan fingerprint density at radius 2 is 1.78 bits per heavy atom. The van der Waals surface area contributed by atoms with E-state index in [2.05, 4.69) is 5.32 Å². The number of carbonyl (C=O) groups is 2. The molecule has 0 fully saturated rings. The topological polar surface area (TPSA) is 67.9 Å². The minimum atomic E-state index is -0.327. The molecule has 8 heteroatoms. The first kappa shape index (κ1) is 19.3. The number of halogens is 2. The van der Waals surface area contributed by atoms with Gasteiger partial charge in [0, 0.05) is 12.7 Å². The number of ether oxygens (including phenoxy) is 2. The molecule has 6 nitrogen and oxygen atoms in total. The molecule has 0 bridgehead atoms. The number of amides is 2. The van der Waals surface area contributed by atoms with Gasteiger partial charge in [-0.3, -0.25) is 9.59 Å². The van der Waals surface area contributed by atoms with E-state index in [-0.39, 0.29) is 24.8 Å². The van der Waals surface area contributed by atoms with Crippen LogP contribution in [0.5, 0.6) is 11.5 Å². The summed E-state index contributed by atoms with van der Waals surface area (Å²) in [5.41, 5.74) is 1.31. The Hall–Kier alpha value is -2.44. The van der Waals surface area contributed by atoms with Crippen LogP contribution in [0.15, 0.2) is 36.4 Å². The number of benzene rings is 2. The SMILES string of the molecule is CN(CC(=O)Nc1ccc(Cl)c(Cl)c1)C(=O)Cc1ccc2c(c1)OCCO2. The minimum Gasteiger partial charge on any atom is -0.486 e. The number of nitrogens with one attached hydrogen (secondary N) is 1. The summed E-state index contributed by atoms with van der Waals surface area (Å²) in [6, 6.07) is 10.2. The fourth-order valence-corrected chi connectivity index (χ4v) is 2.88. The number of hydrogen-bond donors (Lipinski definition) is 1. The lowest BCUT2D eigenvalue weighted by atomic mass is 10.1. The van der Waals surface area contributed by atoms with Crippen molar-refractivity contribution < 1.29 is 19.1 Å². The van der Waals surface area contributed by atoms with E-state index in [9.17, 15) is 9.59 Å². The van der Waals surface area contributed by atoms with Crippen LogP contribution in [0.4, 0.5) is 5.69 Å². The van der Waals surface area contributed by atoms with Crippen molar-refractivity contribution in [1.29, 1.82) is 0 Å². The number of anilines is 1. The highest BCUT2D eigenvalue weighted by atomic mass is 35.5. The maximum Gasteiger partial charge on any atom is 0.243 e. The predicted octanol–water partition coefficient (Wildman–Crippen LogP) is 3.40. The van der Waals surface area contributed by atoms with E-state index >= 15 is 0 Å². The monoisotopic (exact) mass is 408 g/mol. The first-order valence-corrected chi connectivity index (χ1v) is 9.05. The van der Waals surface area contributed by atoms with Crippen LogP contribution >= 0.6 is 23.2 Å². The normalized spacial score (nSPS) is 12.4. The third kappa shape index (κ3) is 5.05. The molecule has 0 radical (unpaired) electrons. The Labute approximate surface area is 167 Å². The summed E-state index contributed by atoms with van der Waals surface area (Å²) in [7, 11) is 1.58. The molecule has 27 heavy (non-hydrogen) atoms. The number of likely N-dealkylation sites (N-methyl/N-ethyl adjacent to an activating group) is 1. The zero-order valence-electron chi connectivity index (χ0n) is 14.6. The summed E-state index contributed by atoms with van der Waals surface area (Å²) in [6.45, 7) is 0.921. The van der Waals surface area contributed by atoms with Crippen LogP contribution in [0.1, 0.15) is 5.56 Å². The molecule has 2 aromatic carbocycles. The molecule has 0 aromatic heterocycles. The molecule has 0 saturated carbocycles. The molecule has 1 N–H and O–H groups in total. The molecule has 2 amide bonds. The van der Waals surface area contributed by atoms with E-state index in [1.165, 1.54) is 4.90 Å². The Morgan fingerprint density at radius 1 is 1.04 bits per heavy atom. The summed E-state index contributed by atoms with van der Waals surface area (Å²) in [4.78, 5) is 25.9. The van der Waals surface area contributed by atoms with Crippen LogP contribution in [-0.4, -0.2) is 43.5 Å². The number of fused-ring (bicyclic) bond motifs is 1. The lowest BCUT2D eigenvalue weighted by Crippen LogP contribution is -2.35. The second-order valence-electron chi connectivity index (χ2n) is 6.08. The second-order valence-corrected chi connectivity index (χ2v) is 6.90. The van der Waals surface area contributed by atoms with E-state index in [1.54, 1.807) is 37.4 Å². The molecule has 0 spiro atoms. The Morgan fingerprint density at radius 3 is 2.52 bits per heavy atom. The largest absolute Gasteiger partial charge is 0.486 e. The molecule has 3 rings (SSSR count). The van der Waals surface area contributed by atoms with Gasteiger partial charge >= 0.3 is 0 Å². The molecule has 1 aliphatic heterocycles. The third-order valence-corrected chi connectivity index (χ3v) is 4.71. The first-order valence-electron chi connectivity index (χ1n) is 8.30. The predicted molar refractivity (Wildman–Crippen MR) is 104 cm³/mol. The lowest BCUT2D eigenvalue weighted by molar-refractivity contribution is -0.132. The highest BCUT2D eigenvalue weighted by Gasteiger charge is 2.17. The van der Waals surface area contributed by atoms with Crippen molar-refractivity contribution in [3.05, 3.63) is 52.0 Å². The van der Waals surface area contributed by atoms with Gasteiger partial charge in [0.05, 0.1) is 23.0 Å². The highest BCUT2D eigenvalue weighted by molar-refractivity contribution is 6.42. The number of carbonyl (C=O) groups excluding carboxylic acids is 2. The van der Waals surface area contributed by atoms with Gasteiger partial charge in [-0.15, -0.1) is 0 Å². The van der Waals surface area contributed by atoms with E-state index in [0.717, 1.165) is 5.56 Å². The molecule has 2 aromatic rings. The van der Waals surface area contributed by atoms with Crippen molar-refractivity contribution >= 4 is 40.7 Å². The smallest absolute Gasteiger partial charge is 0.243 e. The Balaban J connectivity index is 1.55. The van der Waals surface area contributed by atoms with Crippen LogP contribution in [0.2, 0.25) is 10.0 Å². The fraction of sp³-hybridized carbons (Fsp3) is 0.263. The van der Waals surface area contributed by atoms with Crippen molar-refractivity contribution in [2.45, 2.75) is 6.42 Å². The van der Waals surface area contributed by atoms with Crippen molar-refractivity contribution in [3.63, 3.8) is 0 Å². The summed E-state index contributed by atoms with van der Waals surface area (Å²) in [5.74, 6) is 0.792. The van der Waals surface area contributed by atoms with Crippen LogP contribution in [0.3, 0.4) is 0 Å². The number of hydrogen-bond acceptors (Lipinski definition) is 4. The third-order valence-electron chi connectivity index (χ3n) is 3.97. The molecular formula is C19H18Cl2N2O4. The summed E-state index contributed by atoms with van der Waals surface area (Å²) < 4.78 is 11.0. The van der Waals surface area contributed by atoms with Gasteiger partial charge in [0.15, 0.2) is 11.5 Å². The fourth-order valence-electron chi connectivity index (χ4n) is 2.59. The van der Waals surface area contributed by atoms with Crippen LogP contribution < -0.4 is 14.8 Å². The Kier molecular flexibility index (Phi) is 6.08. The van der Waals surface area contributed by atoms with Gasteiger partial charge in [-0.05, 0) is 35.9 Å². The maximum absolute atomic E-state index is 12.4. The number of nitrogens with zero attached hydrogens (tertiary/aromatic N) is 1. The van der Waals surface area contributed by atoms with Crippen LogP contribution in [-0.2, 0) is 16.0 Å². The van der Waals surface area contributed by atoms with E-state index < -0.39 is 0 Å². The molecule has 0 aliphatic carbocycles. The minimum absolute atomic E-state index is 0.0797. The van der Waals surface area contributed by atoms with Gasteiger partial charge in [-0.1, -0.05) is 29.3 Å². The summed E-state index contributed by atoms with van der Waals surface area (Å²) in [6.07, 6.45) is 0.160. The zero-order valence-corrected chi connectivity index (χ0v) is 16.1. The summed E-state index contributed by atoms with van der Waals surface area (Å²) in [5, 5.41) is 3.44. The molecule has 142 valence electrons. The zero-order chi connectivity index (χ0) is 19.4. The quantitative estimate of drug-likeness (QED) is 0.822. The first-order chi connectivity index (χ1) is 12.9. The highest BCUT2D eigenvalue weighted by Crippen LogP contribution is 2.31. The molecule has 0 atom stereocenters. The Bertz CT molecular complexity index is 873. The van der Waals surface area contributed by atoms with E-state index in [0.29, 0.717) is 40.4 Å². The molecule has 1 heterocycles. The van der Waals surface area contributed by atoms with Crippen molar-refractivity contribution in [2.75, 3.05) is 32.1 Å². The molecular weight excluding hydrogens is 391 g/mol. The summed E-state index contributed by atoms with van der Waals surface area (Å²) >= 11 is 11.8. The van der Waals surface area contributed by atoms with Gasteiger partial charge in [-0.2, -0.15) is 0 Å². The van der Waals surface area contributed by atoms with Gasteiger partial charge in [0.1, 0.15) is 13.2 Å². The molecule has 0 saturated heterocycles. The van der Waals surface area contributed by atoms with E-state index in [4.69, 9.17) is 32.7 Å². The lowest BCUT2D eigenvalue weighted by Gasteiger charge is -2.20. The standard InChI is InChI=1S/C19H18Cl2N2O4/c1-23(11-18(24)22-13-3-4-14(20)15(21)10-13)19(25)9-12-2-5-16-17(8-12)27-7-6-26-16/h2-5,8,10H,6-7,9,11H2,1H3,(H,22,24). The van der Waals surface area contributed by atoms with Gasteiger partial charge in [0.25, 0.3) is 0 Å². The van der Waals surface area contributed by atoms with Crippen molar-refractivity contribution in [2.24, 2.45) is 0 Å². The average Bonchev–Trinajstić information content (AvgIpc) is 2.64. The number of rotatable bonds is 5. The van der Waals surface area contributed by atoms with Crippen molar-refractivity contribution in [3.8, 4) is 11.5 Å². The molecule has 0 unspecified atom stereocenters. The van der Waals surface area contributed by atoms with Gasteiger partial charge in [-0.25, -0.2) is 0 Å².